The number of rotatable bonds is 5. The number of hydrogen-bond acceptors (Lipinski definition) is 2. The molecular weight excluding hydrogens is 330 g/mol. The highest BCUT2D eigenvalue weighted by atomic mass is 79.9. The summed E-state index contributed by atoms with van der Waals surface area (Å²) in [4.78, 5) is 2.59. The molecule has 0 heterocycles. The van der Waals surface area contributed by atoms with Crippen molar-refractivity contribution in [3.8, 4) is 0 Å². The van der Waals surface area contributed by atoms with E-state index in [1.54, 1.807) is 0 Å². The fourth-order valence-electron chi connectivity index (χ4n) is 1.89. The average Bonchev–Trinajstić information content (AvgIpc) is 2.41. The number of benzene rings is 2. The molecule has 0 atom stereocenters. The van der Waals surface area contributed by atoms with Crippen molar-refractivity contribution in [1.82, 2.24) is 5.32 Å². The summed E-state index contributed by atoms with van der Waals surface area (Å²) in [5, 5.41) is 3.50. The number of aryl methyl sites for hydroxylation is 1. The predicted octanol–water partition coefficient (Wildman–Crippen LogP) is 5.41. The molecule has 0 aliphatic rings. The lowest BCUT2D eigenvalue weighted by atomic mass is 10.1. The van der Waals surface area contributed by atoms with Gasteiger partial charge in [0.1, 0.15) is 0 Å². The molecule has 0 saturated heterocycles. The highest BCUT2D eigenvalue weighted by Crippen LogP contribution is 2.31. The first-order valence-electron chi connectivity index (χ1n) is 6.81. The summed E-state index contributed by atoms with van der Waals surface area (Å²) >= 11 is 5.30. The second-order valence-electron chi connectivity index (χ2n) is 5.20. The molecule has 2 aromatic carbocycles. The third-order valence-electron chi connectivity index (χ3n) is 2.96. The van der Waals surface area contributed by atoms with Crippen molar-refractivity contribution in [2.45, 2.75) is 43.1 Å². The van der Waals surface area contributed by atoms with Crippen LogP contribution in [0.3, 0.4) is 0 Å². The van der Waals surface area contributed by atoms with Gasteiger partial charge in [0.05, 0.1) is 0 Å². The van der Waals surface area contributed by atoms with Crippen LogP contribution < -0.4 is 5.32 Å². The van der Waals surface area contributed by atoms with Gasteiger partial charge in [-0.05, 0) is 42.8 Å². The molecule has 0 spiro atoms. The maximum Gasteiger partial charge on any atom is 0.0219 e. The van der Waals surface area contributed by atoms with Gasteiger partial charge in [0, 0.05) is 26.9 Å². The molecule has 0 aliphatic heterocycles. The second-order valence-corrected chi connectivity index (χ2v) is 7.23. The van der Waals surface area contributed by atoms with Crippen LogP contribution in [0.4, 0.5) is 0 Å². The highest BCUT2D eigenvalue weighted by Gasteiger charge is 2.06. The summed E-state index contributed by atoms with van der Waals surface area (Å²) in [5.41, 5.74) is 2.68. The van der Waals surface area contributed by atoms with E-state index in [2.05, 4.69) is 84.5 Å². The van der Waals surface area contributed by atoms with Crippen LogP contribution >= 0.6 is 27.7 Å². The molecule has 106 valence electrons. The van der Waals surface area contributed by atoms with Gasteiger partial charge in [-0.25, -0.2) is 0 Å². The molecular formula is C17H20BrNS. The smallest absolute Gasteiger partial charge is 0.0219 e. The Morgan fingerprint density at radius 3 is 2.45 bits per heavy atom. The monoisotopic (exact) mass is 349 g/mol. The van der Waals surface area contributed by atoms with Crippen molar-refractivity contribution < 1.29 is 0 Å². The highest BCUT2D eigenvalue weighted by molar-refractivity contribution is 9.10. The van der Waals surface area contributed by atoms with E-state index in [-0.39, 0.29) is 0 Å². The lowest BCUT2D eigenvalue weighted by Gasteiger charge is -2.13. The van der Waals surface area contributed by atoms with Crippen molar-refractivity contribution in [2.24, 2.45) is 0 Å². The van der Waals surface area contributed by atoms with E-state index in [9.17, 15) is 0 Å². The summed E-state index contributed by atoms with van der Waals surface area (Å²) in [6.45, 7) is 7.42. The Labute approximate surface area is 134 Å². The van der Waals surface area contributed by atoms with Gasteiger partial charge in [-0.15, -0.1) is 0 Å². The summed E-state index contributed by atoms with van der Waals surface area (Å²) < 4.78 is 1.12. The van der Waals surface area contributed by atoms with Crippen LogP contribution in [0, 0.1) is 6.92 Å². The van der Waals surface area contributed by atoms with Crippen LogP contribution in [-0.4, -0.2) is 6.04 Å². The van der Waals surface area contributed by atoms with Crippen molar-refractivity contribution >= 4 is 27.7 Å². The summed E-state index contributed by atoms with van der Waals surface area (Å²) in [5.74, 6) is 0. The second kappa shape index (κ2) is 7.30. The molecule has 0 saturated carbocycles. The fourth-order valence-corrected chi connectivity index (χ4v) is 3.08. The van der Waals surface area contributed by atoms with Crippen LogP contribution in [0.15, 0.2) is 56.7 Å². The Morgan fingerprint density at radius 1 is 1.10 bits per heavy atom. The molecule has 0 unspecified atom stereocenters. The van der Waals surface area contributed by atoms with E-state index in [1.165, 1.54) is 20.9 Å². The lowest BCUT2D eigenvalue weighted by molar-refractivity contribution is 0.584. The maximum atomic E-state index is 3.50. The van der Waals surface area contributed by atoms with E-state index in [0.717, 1.165) is 11.0 Å². The van der Waals surface area contributed by atoms with Crippen LogP contribution in [-0.2, 0) is 6.54 Å². The average molecular weight is 350 g/mol. The van der Waals surface area contributed by atoms with Gasteiger partial charge in [-0.3, -0.25) is 0 Å². The van der Waals surface area contributed by atoms with Gasteiger partial charge in [-0.2, -0.15) is 0 Å². The first-order valence-corrected chi connectivity index (χ1v) is 8.42. The standard InChI is InChI=1S/C17H20BrNS/c1-12(2)19-11-14-10-13(3)4-9-17(14)20-16-7-5-15(18)6-8-16/h4-10,12,19H,11H2,1-3H3. The van der Waals surface area contributed by atoms with Crippen LogP contribution in [0.2, 0.25) is 0 Å². The minimum Gasteiger partial charge on any atom is -0.310 e. The zero-order chi connectivity index (χ0) is 14.5. The molecule has 20 heavy (non-hydrogen) atoms. The van der Waals surface area contributed by atoms with E-state index in [1.807, 2.05) is 11.8 Å². The predicted molar refractivity (Wildman–Crippen MR) is 91.4 cm³/mol. The van der Waals surface area contributed by atoms with Crippen LogP contribution in [0.5, 0.6) is 0 Å². The number of halogens is 1. The summed E-state index contributed by atoms with van der Waals surface area (Å²) in [6.07, 6.45) is 0. The molecule has 0 amide bonds. The molecule has 0 bridgehead atoms. The van der Waals surface area contributed by atoms with Gasteiger partial charge >= 0.3 is 0 Å². The van der Waals surface area contributed by atoms with Crippen LogP contribution in [0.1, 0.15) is 25.0 Å². The van der Waals surface area contributed by atoms with Gasteiger partial charge < -0.3 is 5.32 Å². The molecule has 0 radical (unpaired) electrons. The van der Waals surface area contributed by atoms with Crippen molar-refractivity contribution in [3.05, 3.63) is 58.1 Å². The lowest BCUT2D eigenvalue weighted by Crippen LogP contribution is -2.22. The van der Waals surface area contributed by atoms with Crippen molar-refractivity contribution in [2.75, 3.05) is 0 Å². The SMILES string of the molecule is Cc1ccc(Sc2ccc(Br)cc2)c(CNC(C)C)c1. The third-order valence-corrected chi connectivity index (χ3v) is 4.61. The minimum atomic E-state index is 0.501. The normalized spacial score (nSPS) is 11.1. The maximum absolute atomic E-state index is 3.50. The number of nitrogens with one attached hydrogen (secondary N) is 1. The molecule has 0 aliphatic carbocycles. The first kappa shape index (κ1) is 15.6. The Balaban J connectivity index is 2.19. The van der Waals surface area contributed by atoms with Crippen molar-refractivity contribution in [1.29, 1.82) is 0 Å². The van der Waals surface area contributed by atoms with Crippen molar-refractivity contribution in [3.63, 3.8) is 0 Å². The molecule has 0 fully saturated rings. The van der Waals surface area contributed by atoms with Gasteiger partial charge in [0.15, 0.2) is 0 Å². The molecule has 2 rings (SSSR count). The largest absolute Gasteiger partial charge is 0.310 e. The van der Waals surface area contributed by atoms with E-state index in [4.69, 9.17) is 0 Å². The zero-order valence-electron chi connectivity index (χ0n) is 12.1. The molecule has 2 aromatic rings. The van der Waals surface area contributed by atoms with E-state index < -0.39 is 0 Å². The molecule has 1 N–H and O–H groups in total. The Kier molecular flexibility index (Phi) is 5.70. The quantitative estimate of drug-likeness (QED) is 0.774. The minimum absolute atomic E-state index is 0.501. The van der Waals surface area contributed by atoms with Crippen LogP contribution in [0.25, 0.3) is 0 Å². The third kappa shape index (κ3) is 4.65. The Bertz CT molecular complexity index is 564. The topological polar surface area (TPSA) is 12.0 Å². The fraction of sp³-hybridized carbons (Fsp3) is 0.294. The Hall–Kier alpha value is -0.770. The van der Waals surface area contributed by atoms with Gasteiger partial charge in [-0.1, -0.05) is 59.2 Å². The van der Waals surface area contributed by atoms with Gasteiger partial charge in [0.2, 0.25) is 0 Å². The van der Waals surface area contributed by atoms with E-state index in [0.29, 0.717) is 6.04 Å². The zero-order valence-corrected chi connectivity index (χ0v) is 14.5. The number of hydrogen-bond donors (Lipinski definition) is 1. The van der Waals surface area contributed by atoms with E-state index >= 15 is 0 Å². The summed E-state index contributed by atoms with van der Waals surface area (Å²) in [7, 11) is 0. The molecule has 3 heteroatoms. The van der Waals surface area contributed by atoms with Gasteiger partial charge in [0.25, 0.3) is 0 Å². The molecule has 0 aromatic heterocycles. The Morgan fingerprint density at radius 2 is 1.80 bits per heavy atom. The summed E-state index contributed by atoms with van der Waals surface area (Å²) in [6, 6.07) is 15.6. The molecule has 1 nitrogen and oxygen atoms in total. The first-order chi connectivity index (χ1) is 9.54.